The van der Waals surface area contributed by atoms with E-state index >= 15 is 0 Å². The zero-order valence-corrected chi connectivity index (χ0v) is 15.9. The largest absolute Gasteiger partial charge is 0.315 e. The van der Waals surface area contributed by atoms with Gasteiger partial charge in [0.25, 0.3) is 0 Å². The number of nitrogens with one attached hydrogen (secondary N) is 6. The zero-order valence-electron chi connectivity index (χ0n) is 15.9. The lowest BCUT2D eigenvalue weighted by Crippen LogP contribution is -2.54. The molecule has 0 unspecified atom stereocenters. The molecular weight excluding hydrogens is 300 g/mol. The van der Waals surface area contributed by atoms with Gasteiger partial charge in [0.15, 0.2) is 0 Å². The fourth-order valence-corrected chi connectivity index (χ4v) is 3.78. The maximum atomic E-state index is 3.70. The summed E-state index contributed by atoms with van der Waals surface area (Å²) in [5.41, 5.74) is 0.586. The lowest BCUT2D eigenvalue weighted by Gasteiger charge is -2.37. The summed E-state index contributed by atoms with van der Waals surface area (Å²) in [6.07, 6.45) is 2.38. The third-order valence-electron chi connectivity index (χ3n) is 5.94. The van der Waals surface area contributed by atoms with E-state index in [0.29, 0.717) is 10.8 Å². The highest BCUT2D eigenvalue weighted by atomic mass is 15.0. The Morgan fingerprint density at radius 1 is 0.458 bits per heavy atom. The SMILES string of the molecule is CCC12CNCCNCC(CC)(CNCCNC1)CNCCNC2. The molecule has 0 spiro atoms. The highest BCUT2D eigenvalue weighted by Crippen LogP contribution is 2.21. The highest BCUT2D eigenvalue weighted by molar-refractivity contribution is 4.89. The second kappa shape index (κ2) is 10.7. The van der Waals surface area contributed by atoms with Gasteiger partial charge in [-0.2, -0.15) is 0 Å². The van der Waals surface area contributed by atoms with Crippen LogP contribution in [0.5, 0.6) is 0 Å². The van der Waals surface area contributed by atoms with Gasteiger partial charge in [-0.05, 0) is 12.8 Å². The highest BCUT2D eigenvalue weighted by Gasteiger charge is 2.29. The van der Waals surface area contributed by atoms with E-state index in [1.54, 1.807) is 0 Å². The molecule has 3 heterocycles. The third-order valence-corrected chi connectivity index (χ3v) is 5.94. The fourth-order valence-electron chi connectivity index (χ4n) is 3.78. The molecule has 3 saturated heterocycles. The quantitative estimate of drug-likeness (QED) is 0.401. The summed E-state index contributed by atoms with van der Waals surface area (Å²) >= 11 is 0. The van der Waals surface area contributed by atoms with Crippen LogP contribution >= 0.6 is 0 Å². The van der Waals surface area contributed by atoms with Crippen molar-refractivity contribution in [2.45, 2.75) is 26.7 Å². The van der Waals surface area contributed by atoms with Gasteiger partial charge in [-0.15, -0.1) is 0 Å². The Bertz CT molecular complexity index is 260. The Morgan fingerprint density at radius 3 is 0.833 bits per heavy atom. The summed E-state index contributed by atoms with van der Waals surface area (Å²) < 4.78 is 0. The minimum Gasteiger partial charge on any atom is -0.315 e. The monoisotopic (exact) mass is 340 g/mol. The second-order valence-electron chi connectivity index (χ2n) is 7.77. The Balaban J connectivity index is 2.09. The molecule has 0 aromatic carbocycles. The first-order valence-corrected chi connectivity index (χ1v) is 9.99. The molecule has 0 aliphatic carbocycles. The molecule has 0 amide bonds. The molecule has 0 aromatic rings. The summed E-state index contributed by atoms with van der Waals surface area (Å²) in [4.78, 5) is 0. The van der Waals surface area contributed by atoms with Crippen molar-refractivity contribution in [2.24, 2.45) is 10.8 Å². The lowest BCUT2D eigenvalue weighted by atomic mass is 9.83. The van der Waals surface area contributed by atoms with E-state index in [1.165, 1.54) is 12.8 Å². The van der Waals surface area contributed by atoms with Crippen LogP contribution in [-0.2, 0) is 0 Å². The van der Waals surface area contributed by atoms with Crippen LogP contribution in [0.4, 0.5) is 0 Å². The van der Waals surface area contributed by atoms with Crippen LogP contribution in [0.2, 0.25) is 0 Å². The molecule has 0 saturated carbocycles. The first-order chi connectivity index (χ1) is 11.7. The van der Waals surface area contributed by atoms with E-state index in [1.807, 2.05) is 0 Å². The Hall–Kier alpha value is -0.240. The van der Waals surface area contributed by atoms with Crippen LogP contribution in [0.3, 0.4) is 0 Å². The molecule has 3 rings (SSSR count). The van der Waals surface area contributed by atoms with Crippen molar-refractivity contribution in [1.82, 2.24) is 31.9 Å². The van der Waals surface area contributed by atoms with Gasteiger partial charge in [0.05, 0.1) is 0 Å². The Kier molecular flexibility index (Phi) is 8.94. The van der Waals surface area contributed by atoms with E-state index in [-0.39, 0.29) is 0 Å². The van der Waals surface area contributed by atoms with Gasteiger partial charge in [-0.1, -0.05) is 13.8 Å². The average molecular weight is 341 g/mol. The number of hydrogen-bond acceptors (Lipinski definition) is 6. The summed E-state index contributed by atoms with van der Waals surface area (Å²) in [5.74, 6) is 0. The van der Waals surface area contributed by atoms with Crippen molar-refractivity contribution in [3.63, 3.8) is 0 Å². The zero-order chi connectivity index (χ0) is 17.1. The second-order valence-corrected chi connectivity index (χ2v) is 7.77. The maximum Gasteiger partial charge on any atom is 0.00769 e. The van der Waals surface area contributed by atoms with Gasteiger partial charge >= 0.3 is 0 Å². The first-order valence-electron chi connectivity index (χ1n) is 9.99. The molecule has 6 heteroatoms. The van der Waals surface area contributed by atoms with Gasteiger partial charge in [0.1, 0.15) is 0 Å². The van der Waals surface area contributed by atoms with E-state index in [2.05, 4.69) is 45.7 Å². The molecule has 3 aliphatic rings. The van der Waals surface area contributed by atoms with Crippen molar-refractivity contribution < 1.29 is 0 Å². The van der Waals surface area contributed by atoms with E-state index < -0.39 is 0 Å². The summed E-state index contributed by atoms with van der Waals surface area (Å²) in [6, 6.07) is 0. The van der Waals surface area contributed by atoms with Crippen LogP contribution in [0.15, 0.2) is 0 Å². The minimum absolute atomic E-state index is 0.293. The number of rotatable bonds is 2. The maximum absolute atomic E-state index is 3.70. The van der Waals surface area contributed by atoms with Crippen molar-refractivity contribution in [2.75, 3.05) is 78.5 Å². The third kappa shape index (κ3) is 6.24. The average Bonchev–Trinajstić information content (AvgIpc) is 2.61. The van der Waals surface area contributed by atoms with Crippen LogP contribution in [0.1, 0.15) is 26.7 Å². The molecule has 0 aromatic heterocycles. The molecule has 0 radical (unpaired) electrons. The number of fused-ring (bicyclic) bond motifs is 15. The molecule has 3 aliphatic heterocycles. The van der Waals surface area contributed by atoms with E-state index in [0.717, 1.165) is 78.5 Å². The van der Waals surface area contributed by atoms with Crippen LogP contribution in [0, 0.1) is 10.8 Å². The first kappa shape index (κ1) is 20.1. The standard InChI is InChI=1S/C18H40N6/c1-3-17-11-19-5-8-22-14-18(4-2,15-23-9-6-20-12-17)16-24-10-7-21-13-17/h19-24H,3-16H2,1-2H3. The molecule has 142 valence electrons. The van der Waals surface area contributed by atoms with E-state index in [4.69, 9.17) is 0 Å². The van der Waals surface area contributed by atoms with Crippen molar-refractivity contribution in [3.05, 3.63) is 0 Å². The number of hydrogen-bond donors (Lipinski definition) is 6. The van der Waals surface area contributed by atoms with Crippen LogP contribution < -0.4 is 31.9 Å². The predicted molar refractivity (Wildman–Crippen MR) is 103 cm³/mol. The molecule has 6 nitrogen and oxygen atoms in total. The Labute approximate surface area is 148 Å². The van der Waals surface area contributed by atoms with Crippen molar-refractivity contribution in [1.29, 1.82) is 0 Å². The molecule has 3 fully saturated rings. The Morgan fingerprint density at radius 2 is 0.667 bits per heavy atom. The fraction of sp³-hybridized carbons (Fsp3) is 1.00. The summed E-state index contributed by atoms with van der Waals surface area (Å²) in [5, 5.41) is 22.2. The molecular formula is C18H40N6. The lowest BCUT2D eigenvalue weighted by molar-refractivity contribution is 0.212. The van der Waals surface area contributed by atoms with Crippen molar-refractivity contribution in [3.8, 4) is 0 Å². The van der Waals surface area contributed by atoms with Gasteiger partial charge in [0, 0.05) is 89.4 Å². The predicted octanol–water partition coefficient (Wildman–Crippen LogP) is -0.656. The van der Waals surface area contributed by atoms with Gasteiger partial charge in [0.2, 0.25) is 0 Å². The van der Waals surface area contributed by atoms with Crippen LogP contribution in [-0.4, -0.2) is 78.5 Å². The summed E-state index contributed by atoms with van der Waals surface area (Å²) in [7, 11) is 0. The smallest absolute Gasteiger partial charge is 0.00769 e. The normalized spacial score (nSPS) is 35.2. The topological polar surface area (TPSA) is 72.2 Å². The van der Waals surface area contributed by atoms with E-state index in [9.17, 15) is 0 Å². The van der Waals surface area contributed by atoms with Gasteiger partial charge in [-0.3, -0.25) is 0 Å². The molecule has 2 bridgehead atoms. The molecule has 24 heavy (non-hydrogen) atoms. The van der Waals surface area contributed by atoms with Gasteiger partial charge < -0.3 is 31.9 Å². The van der Waals surface area contributed by atoms with Crippen LogP contribution in [0.25, 0.3) is 0 Å². The van der Waals surface area contributed by atoms with Gasteiger partial charge in [-0.25, -0.2) is 0 Å². The molecule has 6 N–H and O–H groups in total. The van der Waals surface area contributed by atoms with Crippen molar-refractivity contribution >= 4 is 0 Å². The molecule has 0 atom stereocenters. The summed E-state index contributed by atoms with van der Waals surface area (Å²) in [6.45, 7) is 17.4. The minimum atomic E-state index is 0.293.